The monoisotopic (exact) mass is 363 g/mol. The van der Waals surface area contributed by atoms with E-state index in [2.05, 4.69) is 15.7 Å². The number of halogens is 1. The lowest BCUT2D eigenvalue weighted by Gasteiger charge is -2.17. The molecule has 1 aromatic heterocycles. The van der Waals surface area contributed by atoms with Crippen LogP contribution in [-0.2, 0) is 9.59 Å². The van der Waals surface area contributed by atoms with Gasteiger partial charge in [-0.25, -0.2) is 4.68 Å². The first-order valence-electron chi connectivity index (χ1n) is 7.92. The van der Waals surface area contributed by atoms with Crippen LogP contribution >= 0.6 is 11.6 Å². The van der Waals surface area contributed by atoms with Crippen molar-refractivity contribution < 1.29 is 9.59 Å². The Morgan fingerprint density at radius 1 is 1.12 bits per heavy atom. The summed E-state index contributed by atoms with van der Waals surface area (Å²) in [4.78, 5) is 25.8. The predicted octanol–water partition coefficient (Wildman–Crippen LogP) is 2.63. The molecule has 0 bridgehead atoms. The maximum Gasteiger partial charge on any atom is 0.239 e. The molecule has 0 aliphatic heterocycles. The van der Waals surface area contributed by atoms with E-state index in [0.29, 0.717) is 16.5 Å². The van der Waals surface area contributed by atoms with Gasteiger partial charge >= 0.3 is 0 Å². The number of benzene rings is 1. The zero-order valence-electron chi connectivity index (χ0n) is 14.5. The minimum absolute atomic E-state index is 0.0946. The summed E-state index contributed by atoms with van der Waals surface area (Å²) in [6.45, 7) is 4.16. The van der Waals surface area contributed by atoms with Crippen LogP contribution in [0.5, 0.6) is 0 Å². The van der Waals surface area contributed by atoms with E-state index in [4.69, 9.17) is 11.6 Å². The third-order valence-electron chi connectivity index (χ3n) is 3.38. The molecule has 2 N–H and O–H groups in total. The molecule has 0 aliphatic rings. The van der Waals surface area contributed by atoms with Gasteiger partial charge in [-0.15, -0.1) is 0 Å². The highest BCUT2D eigenvalue weighted by atomic mass is 35.5. The smallest absolute Gasteiger partial charge is 0.239 e. The van der Waals surface area contributed by atoms with Gasteiger partial charge in [0.2, 0.25) is 11.8 Å². The second-order valence-corrected chi connectivity index (χ2v) is 6.47. The Morgan fingerprint density at radius 2 is 1.72 bits per heavy atom. The number of hydrogen-bond donors (Lipinski definition) is 2. The summed E-state index contributed by atoms with van der Waals surface area (Å²) in [6.07, 6.45) is 1.64. The molecule has 0 radical (unpaired) electrons. The molecule has 0 spiro atoms. The predicted molar refractivity (Wildman–Crippen MR) is 98.8 cm³/mol. The number of nitrogens with zero attached hydrogens (tertiary/aromatic N) is 3. The molecule has 2 amide bonds. The van der Waals surface area contributed by atoms with Crippen molar-refractivity contribution in [3.8, 4) is 0 Å². The number of carbonyl (C=O) groups is 2. The van der Waals surface area contributed by atoms with Crippen molar-refractivity contribution in [3.63, 3.8) is 0 Å². The van der Waals surface area contributed by atoms with Crippen molar-refractivity contribution in [3.05, 3.63) is 41.6 Å². The largest absolute Gasteiger partial charge is 0.325 e. The highest BCUT2D eigenvalue weighted by Crippen LogP contribution is 2.14. The van der Waals surface area contributed by atoms with Crippen molar-refractivity contribution >= 4 is 34.9 Å². The van der Waals surface area contributed by atoms with Gasteiger partial charge < -0.3 is 10.6 Å². The van der Waals surface area contributed by atoms with Crippen LogP contribution in [0.1, 0.15) is 19.9 Å². The van der Waals surface area contributed by atoms with Crippen LogP contribution in [0, 0.1) is 0 Å². The van der Waals surface area contributed by atoms with Crippen LogP contribution in [0.2, 0.25) is 5.02 Å². The average molecular weight is 364 g/mol. The summed E-state index contributed by atoms with van der Waals surface area (Å²) >= 11 is 5.81. The standard InChI is InChI=1S/C17H22ClN5O2/c1-12(2)23-15(8-9-19-23)21-17(25)11-22(3)10-16(24)20-14-6-4-13(18)5-7-14/h4-9,12H,10-11H2,1-3H3,(H,20,24)(H,21,25). The fourth-order valence-corrected chi connectivity index (χ4v) is 2.41. The quantitative estimate of drug-likeness (QED) is 0.792. The minimum Gasteiger partial charge on any atom is -0.325 e. The Morgan fingerprint density at radius 3 is 2.32 bits per heavy atom. The van der Waals surface area contributed by atoms with Gasteiger partial charge in [-0.3, -0.25) is 14.5 Å². The Balaban J connectivity index is 1.81. The molecule has 1 heterocycles. The van der Waals surface area contributed by atoms with E-state index in [1.807, 2.05) is 13.8 Å². The molecule has 0 atom stereocenters. The van der Waals surface area contributed by atoms with E-state index in [0.717, 1.165) is 0 Å². The molecular formula is C17H22ClN5O2. The summed E-state index contributed by atoms with van der Waals surface area (Å²) in [7, 11) is 1.71. The highest BCUT2D eigenvalue weighted by molar-refractivity contribution is 6.30. The molecule has 7 nitrogen and oxygen atoms in total. The third-order valence-corrected chi connectivity index (χ3v) is 3.63. The first-order chi connectivity index (χ1) is 11.8. The summed E-state index contributed by atoms with van der Waals surface area (Å²) < 4.78 is 1.73. The number of anilines is 2. The van der Waals surface area contributed by atoms with Gasteiger partial charge in [-0.1, -0.05) is 11.6 Å². The minimum atomic E-state index is -0.204. The molecule has 0 unspecified atom stereocenters. The van der Waals surface area contributed by atoms with Crippen LogP contribution < -0.4 is 10.6 Å². The Labute approximate surface area is 152 Å². The van der Waals surface area contributed by atoms with E-state index in [-0.39, 0.29) is 30.9 Å². The average Bonchev–Trinajstić information content (AvgIpc) is 2.97. The molecule has 2 rings (SSSR count). The molecule has 8 heteroatoms. The van der Waals surface area contributed by atoms with E-state index < -0.39 is 0 Å². The second-order valence-electron chi connectivity index (χ2n) is 6.03. The van der Waals surface area contributed by atoms with Crippen molar-refractivity contribution in [2.75, 3.05) is 30.8 Å². The van der Waals surface area contributed by atoms with Crippen LogP contribution in [0.4, 0.5) is 11.5 Å². The van der Waals surface area contributed by atoms with Gasteiger partial charge in [-0.05, 0) is 45.2 Å². The normalized spacial score (nSPS) is 11.0. The summed E-state index contributed by atoms with van der Waals surface area (Å²) in [5.41, 5.74) is 0.660. The van der Waals surface area contributed by atoms with Crippen LogP contribution in [0.25, 0.3) is 0 Å². The molecule has 1 aromatic carbocycles. The maximum atomic E-state index is 12.1. The van der Waals surface area contributed by atoms with E-state index in [1.165, 1.54) is 0 Å². The number of aromatic nitrogens is 2. The van der Waals surface area contributed by atoms with Crippen LogP contribution in [-0.4, -0.2) is 46.6 Å². The van der Waals surface area contributed by atoms with Crippen LogP contribution in [0.3, 0.4) is 0 Å². The van der Waals surface area contributed by atoms with E-state index >= 15 is 0 Å². The highest BCUT2D eigenvalue weighted by Gasteiger charge is 2.13. The second kappa shape index (κ2) is 8.64. The van der Waals surface area contributed by atoms with Gasteiger partial charge in [0.1, 0.15) is 5.82 Å². The number of likely N-dealkylation sites (N-methyl/N-ethyl adjacent to an activating group) is 1. The molecule has 134 valence electrons. The zero-order valence-corrected chi connectivity index (χ0v) is 15.2. The Hall–Kier alpha value is -2.38. The topological polar surface area (TPSA) is 79.3 Å². The Bertz CT molecular complexity index is 727. The number of carbonyl (C=O) groups excluding carboxylic acids is 2. The zero-order chi connectivity index (χ0) is 18.4. The molecule has 2 aromatic rings. The van der Waals surface area contributed by atoms with E-state index in [1.54, 1.807) is 53.2 Å². The molecule has 0 saturated heterocycles. The van der Waals surface area contributed by atoms with Crippen molar-refractivity contribution in [1.29, 1.82) is 0 Å². The summed E-state index contributed by atoms with van der Waals surface area (Å²) in [6, 6.07) is 8.73. The van der Waals surface area contributed by atoms with Crippen molar-refractivity contribution in [2.24, 2.45) is 0 Å². The summed E-state index contributed by atoms with van der Waals surface area (Å²) in [5.74, 6) is 0.230. The number of nitrogens with one attached hydrogen (secondary N) is 2. The van der Waals surface area contributed by atoms with E-state index in [9.17, 15) is 9.59 Å². The van der Waals surface area contributed by atoms with Crippen molar-refractivity contribution in [1.82, 2.24) is 14.7 Å². The van der Waals surface area contributed by atoms with Gasteiger partial charge in [0, 0.05) is 22.8 Å². The fourth-order valence-electron chi connectivity index (χ4n) is 2.29. The lowest BCUT2D eigenvalue weighted by atomic mass is 10.3. The fraction of sp³-hybridized carbons (Fsp3) is 0.353. The lowest BCUT2D eigenvalue weighted by molar-refractivity contribution is -0.119. The first kappa shape index (κ1) is 19.0. The summed E-state index contributed by atoms with van der Waals surface area (Å²) in [5, 5.41) is 10.3. The molecular weight excluding hydrogens is 342 g/mol. The maximum absolute atomic E-state index is 12.1. The third kappa shape index (κ3) is 5.88. The molecule has 0 fully saturated rings. The van der Waals surface area contributed by atoms with Crippen LogP contribution in [0.15, 0.2) is 36.5 Å². The van der Waals surface area contributed by atoms with Gasteiger partial charge in [-0.2, -0.15) is 5.10 Å². The molecule has 25 heavy (non-hydrogen) atoms. The number of hydrogen-bond acceptors (Lipinski definition) is 4. The lowest BCUT2D eigenvalue weighted by Crippen LogP contribution is -2.36. The SMILES string of the molecule is CC(C)n1nccc1NC(=O)CN(C)CC(=O)Nc1ccc(Cl)cc1. The van der Waals surface area contributed by atoms with Gasteiger partial charge in [0.05, 0.1) is 19.3 Å². The Kier molecular flexibility index (Phi) is 6.55. The van der Waals surface area contributed by atoms with Gasteiger partial charge in [0.25, 0.3) is 0 Å². The van der Waals surface area contributed by atoms with Gasteiger partial charge in [0.15, 0.2) is 0 Å². The number of amides is 2. The first-order valence-corrected chi connectivity index (χ1v) is 8.30. The number of rotatable bonds is 7. The molecule has 0 aliphatic carbocycles. The van der Waals surface area contributed by atoms with Crippen molar-refractivity contribution in [2.45, 2.75) is 19.9 Å². The molecule has 0 saturated carbocycles.